The van der Waals surface area contributed by atoms with Crippen LogP contribution >= 0.6 is 34.2 Å². The Morgan fingerprint density at radius 2 is 1.26 bits per heavy atom. The van der Waals surface area contributed by atoms with E-state index in [1.165, 1.54) is 80.6 Å². The second-order valence-electron chi connectivity index (χ2n) is 27.4. The van der Waals surface area contributed by atoms with Gasteiger partial charge >= 0.3 is 0 Å². The second-order valence-corrected chi connectivity index (χ2v) is 29.1. The summed E-state index contributed by atoms with van der Waals surface area (Å²) in [5.74, 6) is -8.84. The summed E-state index contributed by atoms with van der Waals surface area (Å²) in [5.41, 5.74) is 0.0238. The number of nitrogens with zero attached hydrogens (tertiary/aromatic N) is 8. The molecule has 5 rings (SSSR count). The van der Waals surface area contributed by atoms with E-state index in [2.05, 4.69) is 50.4 Å². The minimum absolute atomic E-state index is 0.0392. The lowest BCUT2D eigenvalue weighted by Gasteiger charge is -2.43. The number of rotatable bonds is 13. The molecule has 3 heterocycles. The molecule has 3 aliphatic heterocycles. The highest BCUT2D eigenvalue weighted by atomic mass is 127. The first-order valence-corrected chi connectivity index (χ1v) is 34.4. The molecule has 0 unspecified atom stereocenters. The summed E-state index contributed by atoms with van der Waals surface area (Å²) in [5, 5.41) is 11.8. The molecule has 12 amide bonds. The third-order valence-electron chi connectivity index (χ3n) is 18.5. The van der Waals surface area contributed by atoms with Crippen LogP contribution in [0.25, 0.3) is 0 Å². The molecule has 9 atom stereocenters. The predicted octanol–water partition coefficient (Wildman–Crippen LogP) is 4.43. The van der Waals surface area contributed by atoms with Crippen LogP contribution in [0.1, 0.15) is 131 Å². The first-order valence-electron chi connectivity index (χ1n) is 33.0. The van der Waals surface area contributed by atoms with Crippen molar-refractivity contribution in [2.24, 2.45) is 17.8 Å². The molecule has 3 aliphatic rings. The molecule has 3 fully saturated rings. The van der Waals surface area contributed by atoms with Crippen LogP contribution in [0, 0.1) is 21.3 Å². The van der Waals surface area contributed by atoms with Gasteiger partial charge in [-0.25, -0.2) is 0 Å². The van der Waals surface area contributed by atoms with Crippen LogP contribution in [0.4, 0.5) is 0 Å². The number of amides is 12. The Balaban J connectivity index is 1.62. The van der Waals surface area contributed by atoms with Gasteiger partial charge in [0, 0.05) is 83.4 Å². The van der Waals surface area contributed by atoms with Crippen LogP contribution < -0.4 is 21.3 Å². The molecule has 0 spiro atoms. The first kappa shape index (κ1) is 78.5. The van der Waals surface area contributed by atoms with E-state index < -0.39 is 150 Å². The van der Waals surface area contributed by atoms with E-state index in [1.54, 1.807) is 55.1 Å². The maximum absolute atomic E-state index is 15.1. The summed E-state index contributed by atoms with van der Waals surface area (Å²) >= 11 is 8.38. The minimum Gasteiger partial charge on any atom is -0.342 e. The Morgan fingerprint density at radius 3 is 1.83 bits per heavy atom. The zero-order valence-corrected chi connectivity index (χ0v) is 61.1. The van der Waals surface area contributed by atoms with Crippen molar-refractivity contribution in [3.63, 3.8) is 0 Å². The van der Waals surface area contributed by atoms with Gasteiger partial charge in [-0.15, -0.1) is 6.58 Å². The average molecular weight is 1450 g/mol. The number of piperidine rings is 1. The summed E-state index contributed by atoms with van der Waals surface area (Å²) in [6.45, 7) is 19.5. The van der Waals surface area contributed by atoms with E-state index in [1.807, 2.05) is 46.8 Å². The maximum atomic E-state index is 15.1. The first-order chi connectivity index (χ1) is 44.5. The number of halogens is 2. The minimum atomic E-state index is -1.73. The van der Waals surface area contributed by atoms with Crippen LogP contribution in [0.15, 0.2) is 60.7 Å². The molecule has 95 heavy (non-hydrogen) atoms. The highest BCUT2D eigenvalue weighted by Crippen LogP contribution is 2.26. The summed E-state index contributed by atoms with van der Waals surface area (Å²) < 4.78 is 0.834. The molecule has 24 nitrogen and oxygen atoms in total. The number of nitrogens with one attached hydrogen (secondary N) is 4. The summed E-state index contributed by atoms with van der Waals surface area (Å²) in [4.78, 5) is 187. The molecule has 26 heteroatoms. The van der Waals surface area contributed by atoms with Gasteiger partial charge in [0.2, 0.25) is 70.9 Å². The number of benzene rings is 2. The van der Waals surface area contributed by atoms with Crippen LogP contribution in [-0.2, 0) is 70.4 Å². The maximum Gasteiger partial charge on any atom is 0.246 e. The molecule has 2 aromatic rings. The monoisotopic (exact) mass is 1450 g/mol. The third-order valence-corrected chi connectivity index (χ3v) is 19.5. The number of hydrogen-bond acceptors (Lipinski definition) is 12. The largest absolute Gasteiger partial charge is 0.342 e. The Hall–Kier alpha value is -7.16. The Labute approximate surface area is 579 Å². The van der Waals surface area contributed by atoms with Gasteiger partial charge in [0.05, 0.1) is 19.5 Å². The quantitative estimate of drug-likeness (QED) is 0.160. The van der Waals surface area contributed by atoms with Crippen LogP contribution in [0.5, 0.6) is 0 Å². The van der Waals surface area contributed by atoms with Crippen LogP contribution in [-0.4, -0.2) is 239 Å². The zero-order valence-electron chi connectivity index (χ0n) is 58.2. The standard InChI is InChI=1S/C69H102ClIN12O12/c1-17-44(8)59-67(94)77(12)40-58(86)83-31-28-52(83)65(92)80(15)54(37-45-24-26-47(70)27-25-45)64(91)76(11)39-56(84)72-49(36-46-22-21-23-48(71)35-46)60(87)73-51(33-42(4)5)63(90)81(16)69(9,10)68(95)74-50(32-41(2)3)62(89)79(14)55(66(93)82-29-19-18-20-30-82)38-57(85)78(13)53(34-43(6)7)61(88)75-59/h21-27,35,41,43-44,49-55,59H,4,17-20,28-34,36-40H2,1-3,5-16H3,(H,72,84)(H,73,87)(H,74,95)(H,75,88)/t44-,49-,50-,51-,52-,53-,54-,55-,59-/m0/s1. The average Bonchev–Trinajstić information content (AvgIpc) is 0.800. The van der Waals surface area contributed by atoms with E-state index in [9.17, 15) is 52.7 Å². The summed E-state index contributed by atoms with van der Waals surface area (Å²) in [7, 11) is 8.44. The topological polar surface area (TPSA) is 279 Å². The van der Waals surface area contributed by atoms with Gasteiger partial charge in [-0.1, -0.05) is 89.4 Å². The molecule has 0 aliphatic carbocycles. The lowest BCUT2D eigenvalue weighted by molar-refractivity contribution is -0.157. The fourth-order valence-electron chi connectivity index (χ4n) is 12.0. The van der Waals surface area contributed by atoms with Gasteiger partial charge in [0.15, 0.2) is 0 Å². The van der Waals surface area contributed by atoms with Gasteiger partial charge in [-0.3, -0.25) is 57.5 Å². The van der Waals surface area contributed by atoms with Crippen molar-refractivity contribution in [2.45, 2.75) is 187 Å². The molecular formula is C69H102ClIN12O12. The van der Waals surface area contributed by atoms with Gasteiger partial charge < -0.3 is 60.5 Å². The number of hydrogen-bond donors (Lipinski definition) is 4. The van der Waals surface area contributed by atoms with E-state index in [4.69, 9.17) is 11.6 Å². The smallest absolute Gasteiger partial charge is 0.246 e. The summed E-state index contributed by atoms with van der Waals surface area (Å²) in [6, 6.07) is 3.85. The number of likely N-dealkylation sites (N-methyl/N-ethyl adjacent to an activating group) is 6. The van der Waals surface area contributed by atoms with Crippen molar-refractivity contribution in [3.05, 3.63) is 80.4 Å². The molecule has 4 N–H and O–H groups in total. The Kier molecular flexibility index (Phi) is 29.1. The molecule has 0 bridgehead atoms. The van der Waals surface area contributed by atoms with E-state index in [0.29, 0.717) is 54.1 Å². The Bertz CT molecular complexity index is 3140. The van der Waals surface area contributed by atoms with Crippen molar-refractivity contribution in [2.75, 3.05) is 75.0 Å². The number of carbonyl (C=O) groups excluding carboxylic acids is 12. The SMILES string of the molecule is C=C(C)C[C@@H]1NC(=O)[C@H](Cc2cccc(I)c2)NC(=O)CN(C)C(=O)[C@H](Cc2ccc(Cl)cc2)N(C)C(=O)[C@@H]2CCN2C(=O)CN(C)C(=O)[C@H]([C@@H](C)CC)NC(=O)[C@H](CC(C)C)N(C)C(=O)C[C@@H](C(=O)N2CCCCC2)N(C)C(=O)[C@H](CC(C)C)NC(=O)C(C)(C)N(C)C1=O. The fourth-order valence-corrected chi connectivity index (χ4v) is 12.7. The highest BCUT2D eigenvalue weighted by Gasteiger charge is 2.46. The molecule has 0 radical (unpaired) electrons. The molecule has 2 aromatic carbocycles. The lowest BCUT2D eigenvalue weighted by Crippen LogP contribution is -2.64. The van der Waals surface area contributed by atoms with E-state index >= 15 is 4.79 Å². The Morgan fingerprint density at radius 1 is 0.642 bits per heavy atom. The van der Waals surface area contributed by atoms with Gasteiger partial charge in [-0.05, 0) is 141 Å². The molecule has 524 valence electrons. The van der Waals surface area contributed by atoms with Crippen molar-refractivity contribution in [1.29, 1.82) is 0 Å². The third kappa shape index (κ3) is 21.2. The van der Waals surface area contributed by atoms with E-state index in [0.717, 1.165) is 19.8 Å². The van der Waals surface area contributed by atoms with Crippen LogP contribution in [0.2, 0.25) is 5.02 Å². The summed E-state index contributed by atoms with van der Waals surface area (Å²) in [6.07, 6.45) is 2.34. The molecular weight excluding hydrogens is 1350 g/mol. The number of fused-ring (bicyclic) bond motifs is 1. The number of carbonyl (C=O) groups is 12. The van der Waals surface area contributed by atoms with Crippen molar-refractivity contribution in [1.82, 2.24) is 60.5 Å². The lowest BCUT2D eigenvalue weighted by atomic mass is 9.95. The van der Waals surface area contributed by atoms with Crippen LogP contribution in [0.3, 0.4) is 0 Å². The zero-order chi connectivity index (χ0) is 71.1. The van der Waals surface area contributed by atoms with Gasteiger partial charge in [0.1, 0.15) is 53.9 Å². The predicted molar refractivity (Wildman–Crippen MR) is 371 cm³/mol. The van der Waals surface area contributed by atoms with Gasteiger partial charge in [0.25, 0.3) is 0 Å². The molecule has 3 saturated heterocycles. The van der Waals surface area contributed by atoms with Gasteiger partial charge in [-0.2, -0.15) is 0 Å². The van der Waals surface area contributed by atoms with Crippen molar-refractivity contribution < 1.29 is 57.5 Å². The fraction of sp³-hybridized carbons (Fsp3) is 0.623. The molecule has 0 saturated carbocycles. The van der Waals surface area contributed by atoms with Crippen molar-refractivity contribution in [3.8, 4) is 0 Å². The normalized spacial score (nSPS) is 25.0. The van der Waals surface area contributed by atoms with Crippen molar-refractivity contribution >= 4 is 105 Å². The second kappa shape index (κ2) is 35.2. The number of likely N-dealkylation sites (tertiary alicyclic amines) is 1. The van der Waals surface area contributed by atoms with E-state index in [-0.39, 0.29) is 56.9 Å². The molecule has 0 aromatic heterocycles. The highest BCUT2D eigenvalue weighted by molar-refractivity contribution is 14.1.